The molecule has 0 aliphatic rings. The molecule has 1 N–H and O–H groups in total. The summed E-state index contributed by atoms with van der Waals surface area (Å²) in [4.78, 5) is 17.8. The highest BCUT2D eigenvalue weighted by atomic mass is 79.9. The number of halogens is 1. The number of nitrogens with zero attached hydrogens (tertiary/aromatic N) is 2. The van der Waals surface area contributed by atoms with Crippen LogP contribution < -0.4 is 0 Å². The van der Waals surface area contributed by atoms with Crippen LogP contribution in [0.25, 0.3) is 0 Å². The summed E-state index contributed by atoms with van der Waals surface area (Å²) in [6, 6.07) is 12.6. The van der Waals surface area contributed by atoms with Crippen molar-refractivity contribution >= 4 is 21.8 Å². The van der Waals surface area contributed by atoms with Crippen molar-refractivity contribution in [3.63, 3.8) is 0 Å². The summed E-state index contributed by atoms with van der Waals surface area (Å²) >= 11 is 3.32. The Kier molecular flexibility index (Phi) is 4.87. The number of hydrogen-bond acceptors (Lipinski definition) is 3. The highest BCUT2D eigenvalue weighted by Crippen LogP contribution is 2.19. The van der Waals surface area contributed by atoms with Crippen LogP contribution in [0.15, 0.2) is 53.1 Å². The lowest BCUT2D eigenvalue weighted by Crippen LogP contribution is -2.31. The number of aliphatic hydroxyl groups excluding tert-OH is 1. The van der Waals surface area contributed by atoms with Crippen molar-refractivity contribution in [2.45, 2.75) is 12.6 Å². The minimum Gasteiger partial charge on any atom is -0.378 e. The van der Waals surface area contributed by atoms with Gasteiger partial charge in [-0.1, -0.05) is 34.1 Å². The Bertz CT molecular complexity index is 572. The number of aromatic nitrogens is 1. The van der Waals surface area contributed by atoms with E-state index >= 15 is 0 Å². The summed E-state index contributed by atoms with van der Waals surface area (Å²) in [5, 5.41) is 10.1. The predicted molar refractivity (Wildman–Crippen MR) is 79.8 cm³/mol. The summed E-state index contributed by atoms with van der Waals surface area (Å²) in [5.74, 6) is -0.349. The van der Waals surface area contributed by atoms with Gasteiger partial charge in [0.05, 0.1) is 12.2 Å². The number of likely N-dealkylation sites (N-methyl/N-ethyl adjacent to an activating group) is 1. The van der Waals surface area contributed by atoms with E-state index < -0.39 is 6.10 Å². The SMILES string of the molecule is CN(Cc1ccccn1)C(=O)[C@@H](O)c1ccc(Br)cc1. The van der Waals surface area contributed by atoms with Crippen LogP contribution in [0.3, 0.4) is 0 Å². The van der Waals surface area contributed by atoms with E-state index in [-0.39, 0.29) is 5.91 Å². The Morgan fingerprint density at radius 2 is 2.00 bits per heavy atom. The number of aliphatic hydroxyl groups is 1. The molecule has 1 aromatic carbocycles. The topological polar surface area (TPSA) is 53.4 Å². The van der Waals surface area contributed by atoms with Crippen molar-refractivity contribution in [3.05, 3.63) is 64.4 Å². The molecule has 0 radical (unpaired) electrons. The first-order chi connectivity index (χ1) is 9.58. The Hall–Kier alpha value is -1.72. The predicted octanol–water partition coefficient (Wildman–Crippen LogP) is 2.54. The summed E-state index contributed by atoms with van der Waals surface area (Å²) in [6.07, 6.45) is 0.524. The molecule has 2 aromatic rings. The van der Waals surface area contributed by atoms with Crippen molar-refractivity contribution in [2.24, 2.45) is 0 Å². The molecular formula is C15H15BrN2O2. The third-order valence-electron chi connectivity index (χ3n) is 2.92. The van der Waals surface area contributed by atoms with Crippen LogP contribution in [-0.2, 0) is 11.3 Å². The zero-order valence-corrected chi connectivity index (χ0v) is 12.6. The quantitative estimate of drug-likeness (QED) is 0.934. The molecule has 0 spiro atoms. The maximum absolute atomic E-state index is 12.2. The summed E-state index contributed by atoms with van der Waals surface area (Å²) < 4.78 is 0.905. The van der Waals surface area contributed by atoms with Crippen molar-refractivity contribution in [2.75, 3.05) is 7.05 Å². The van der Waals surface area contributed by atoms with Crippen LogP contribution in [-0.4, -0.2) is 27.9 Å². The average molecular weight is 335 g/mol. The van der Waals surface area contributed by atoms with Gasteiger partial charge < -0.3 is 10.0 Å². The number of rotatable bonds is 4. The Balaban J connectivity index is 2.04. The number of amides is 1. The monoisotopic (exact) mass is 334 g/mol. The smallest absolute Gasteiger partial charge is 0.256 e. The molecule has 1 amide bonds. The van der Waals surface area contributed by atoms with Gasteiger partial charge in [0.1, 0.15) is 0 Å². The van der Waals surface area contributed by atoms with Crippen LogP contribution in [0.1, 0.15) is 17.4 Å². The first kappa shape index (κ1) is 14.7. The minimum atomic E-state index is -1.16. The van der Waals surface area contributed by atoms with E-state index in [1.54, 1.807) is 37.5 Å². The second-order valence-electron chi connectivity index (χ2n) is 4.47. The Morgan fingerprint density at radius 3 is 2.60 bits per heavy atom. The van der Waals surface area contributed by atoms with Crippen LogP contribution >= 0.6 is 15.9 Å². The molecule has 0 saturated heterocycles. The maximum atomic E-state index is 12.2. The fraction of sp³-hybridized carbons (Fsp3) is 0.200. The van der Waals surface area contributed by atoms with Crippen molar-refractivity contribution in [3.8, 4) is 0 Å². The molecule has 4 nitrogen and oxygen atoms in total. The molecule has 104 valence electrons. The third kappa shape index (κ3) is 3.65. The van der Waals surface area contributed by atoms with Gasteiger partial charge in [0.15, 0.2) is 6.10 Å². The van der Waals surface area contributed by atoms with E-state index in [9.17, 15) is 9.90 Å². The van der Waals surface area contributed by atoms with Crippen LogP contribution in [0, 0.1) is 0 Å². The lowest BCUT2D eigenvalue weighted by atomic mass is 10.1. The molecule has 0 aliphatic carbocycles. The molecular weight excluding hydrogens is 320 g/mol. The van der Waals surface area contributed by atoms with Gasteiger partial charge in [-0.05, 0) is 29.8 Å². The van der Waals surface area contributed by atoms with E-state index in [2.05, 4.69) is 20.9 Å². The second-order valence-corrected chi connectivity index (χ2v) is 5.39. The molecule has 2 rings (SSSR count). The summed E-state index contributed by atoms with van der Waals surface area (Å²) in [7, 11) is 1.65. The largest absolute Gasteiger partial charge is 0.378 e. The molecule has 20 heavy (non-hydrogen) atoms. The molecule has 0 saturated carbocycles. The van der Waals surface area contributed by atoms with Gasteiger partial charge in [0.2, 0.25) is 0 Å². The van der Waals surface area contributed by atoms with Crippen molar-refractivity contribution < 1.29 is 9.90 Å². The van der Waals surface area contributed by atoms with E-state index in [0.29, 0.717) is 12.1 Å². The molecule has 1 aromatic heterocycles. The molecule has 0 aliphatic heterocycles. The number of benzene rings is 1. The van der Waals surface area contributed by atoms with Crippen molar-refractivity contribution in [1.82, 2.24) is 9.88 Å². The maximum Gasteiger partial charge on any atom is 0.256 e. The Morgan fingerprint density at radius 1 is 1.30 bits per heavy atom. The van der Waals surface area contributed by atoms with Gasteiger partial charge in [-0.3, -0.25) is 9.78 Å². The molecule has 1 atom stereocenters. The van der Waals surface area contributed by atoms with Crippen LogP contribution in [0.2, 0.25) is 0 Å². The standard InChI is InChI=1S/C15H15BrN2O2/c1-18(10-13-4-2-3-9-17-13)15(20)14(19)11-5-7-12(16)8-6-11/h2-9,14,19H,10H2,1H3/t14-/m0/s1. The first-order valence-corrected chi connectivity index (χ1v) is 6.95. The second kappa shape index (κ2) is 6.63. The average Bonchev–Trinajstić information content (AvgIpc) is 2.47. The third-order valence-corrected chi connectivity index (χ3v) is 3.45. The Labute approximate surface area is 126 Å². The fourth-order valence-electron chi connectivity index (χ4n) is 1.81. The van der Waals surface area contributed by atoms with Gasteiger partial charge in [-0.2, -0.15) is 0 Å². The zero-order chi connectivity index (χ0) is 14.5. The highest BCUT2D eigenvalue weighted by Gasteiger charge is 2.21. The lowest BCUT2D eigenvalue weighted by molar-refractivity contribution is -0.139. The number of pyridine rings is 1. The molecule has 5 heteroatoms. The van der Waals surface area contributed by atoms with Gasteiger partial charge in [-0.25, -0.2) is 0 Å². The molecule has 0 fully saturated rings. The summed E-state index contributed by atoms with van der Waals surface area (Å²) in [5.41, 5.74) is 1.36. The highest BCUT2D eigenvalue weighted by molar-refractivity contribution is 9.10. The van der Waals surface area contributed by atoms with Gasteiger partial charge in [0, 0.05) is 17.7 Å². The van der Waals surface area contributed by atoms with Gasteiger partial charge in [0.25, 0.3) is 5.91 Å². The van der Waals surface area contributed by atoms with Crippen molar-refractivity contribution in [1.29, 1.82) is 0 Å². The number of carbonyl (C=O) groups excluding carboxylic acids is 1. The normalized spacial score (nSPS) is 11.9. The van der Waals surface area contributed by atoms with Crippen LogP contribution in [0.5, 0.6) is 0 Å². The van der Waals surface area contributed by atoms with E-state index in [1.807, 2.05) is 18.2 Å². The van der Waals surface area contributed by atoms with E-state index in [0.717, 1.165) is 10.2 Å². The molecule has 0 unspecified atom stereocenters. The summed E-state index contributed by atoms with van der Waals surface area (Å²) in [6.45, 7) is 0.368. The molecule has 1 heterocycles. The molecule has 0 bridgehead atoms. The van der Waals surface area contributed by atoms with E-state index in [4.69, 9.17) is 0 Å². The van der Waals surface area contributed by atoms with E-state index in [1.165, 1.54) is 4.90 Å². The zero-order valence-electron chi connectivity index (χ0n) is 11.0. The lowest BCUT2D eigenvalue weighted by Gasteiger charge is -2.20. The van der Waals surface area contributed by atoms with Crippen LogP contribution in [0.4, 0.5) is 0 Å². The number of carbonyl (C=O) groups is 1. The van der Waals surface area contributed by atoms with Gasteiger partial charge in [-0.15, -0.1) is 0 Å². The fourth-order valence-corrected chi connectivity index (χ4v) is 2.07. The number of hydrogen-bond donors (Lipinski definition) is 1. The minimum absolute atomic E-state index is 0.349. The first-order valence-electron chi connectivity index (χ1n) is 6.16. The van der Waals surface area contributed by atoms with Gasteiger partial charge >= 0.3 is 0 Å².